The number of anilines is 1. The van der Waals surface area contributed by atoms with E-state index in [1.54, 1.807) is 18.2 Å². The zero-order chi connectivity index (χ0) is 31.1. The van der Waals surface area contributed by atoms with Crippen LogP contribution in [-0.4, -0.2) is 43.9 Å². The molecule has 0 spiro atoms. The Hall–Kier alpha value is -2.55. The first-order chi connectivity index (χ1) is 21.0. The summed E-state index contributed by atoms with van der Waals surface area (Å²) in [5.41, 5.74) is 3.04. The van der Waals surface area contributed by atoms with Crippen molar-refractivity contribution in [1.82, 2.24) is 4.72 Å². The van der Waals surface area contributed by atoms with Crippen LogP contribution in [0.4, 0.5) is 5.69 Å². The van der Waals surface area contributed by atoms with Crippen molar-refractivity contribution in [2.24, 2.45) is 23.2 Å². The van der Waals surface area contributed by atoms with Crippen molar-refractivity contribution in [2.75, 3.05) is 18.0 Å². The number of halogens is 1. The number of rotatable bonds is 2. The molecule has 2 heterocycles. The minimum absolute atomic E-state index is 0.198. The summed E-state index contributed by atoms with van der Waals surface area (Å²) in [5.74, 6) is 0.471. The molecule has 7 nitrogen and oxygen atoms in total. The lowest BCUT2D eigenvalue weighted by atomic mass is 9.58. The van der Waals surface area contributed by atoms with Crippen molar-refractivity contribution in [3.05, 3.63) is 70.3 Å². The van der Waals surface area contributed by atoms with Gasteiger partial charge in [0.05, 0.1) is 17.0 Å². The highest BCUT2D eigenvalue weighted by Crippen LogP contribution is 2.50. The number of hydrogen-bond acceptors (Lipinski definition) is 6. The quantitative estimate of drug-likeness (QED) is 0.356. The molecular weight excluding hydrogens is 596 g/mol. The Morgan fingerprint density at radius 3 is 2.68 bits per heavy atom. The van der Waals surface area contributed by atoms with Crippen LogP contribution < -0.4 is 14.4 Å². The summed E-state index contributed by atoms with van der Waals surface area (Å²) in [5, 5.41) is 11.4. The number of allylic oxidation sites excluding steroid dienone is 1. The Morgan fingerprint density at radius 2 is 1.93 bits per heavy atom. The number of amides is 1. The second kappa shape index (κ2) is 12.7. The van der Waals surface area contributed by atoms with E-state index in [1.807, 2.05) is 37.3 Å². The van der Waals surface area contributed by atoms with Gasteiger partial charge in [-0.1, -0.05) is 56.5 Å². The van der Waals surface area contributed by atoms with Gasteiger partial charge >= 0.3 is 0 Å². The molecule has 2 N–H and O–H groups in total. The number of benzene rings is 2. The lowest BCUT2D eigenvalue weighted by molar-refractivity contribution is -0.0467. The smallest absolute Gasteiger partial charge is 0.264 e. The first kappa shape index (κ1) is 31.4. The first-order valence-electron chi connectivity index (χ1n) is 16.2. The monoisotopic (exact) mass is 640 g/mol. The lowest BCUT2D eigenvalue weighted by Crippen LogP contribution is -2.51. The molecule has 6 rings (SSSR count). The number of nitrogens with zero attached hydrogens (tertiary/aromatic N) is 1. The molecule has 2 aromatic carbocycles. The number of carbonyl (C=O) groups excluding carboxylic acids is 1. The summed E-state index contributed by atoms with van der Waals surface area (Å²) in [4.78, 5) is 15.9. The van der Waals surface area contributed by atoms with Crippen molar-refractivity contribution in [3.8, 4) is 5.75 Å². The zero-order valence-electron chi connectivity index (χ0n) is 25.8. The summed E-state index contributed by atoms with van der Waals surface area (Å²) in [6, 6.07) is 11.2. The van der Waals surface area contributed by atoms with Crippen LogP contribution in [0.1, 0.15) is 86.7 Å². The molecule has 1 amide bonds. The van der Waals surface area contributed by atoms with Crippen molar-refractivity contribution in [3.63, 3.8) is 0 Å². The number of ether oxygens (including phenoxy) is 1. The van der Waals surface area contributed by atoms with Crippen LogP contribution in [-0.2, 0) is 23.1 Å². The molecule has 2 bridgehead atoms. The topological polar surface area (TPSA) is 95.9 Å². The largest absolute Gasteiger partial charge is 0.487 e. The second-order valence-electron chi connectivity index (χ2n) is 13.8. The Labute approximate surface area is 267 Å². The summed E-state index contributed by atoms with van der Waals surface area (Å²) < 4.78 is 36.3. The SMILES string of the molecule is C[C@@H]1C/C=C/[C@H](O)C2(C)CC[C@H]2CN2CCCCc3cc(Cl)ccc3COc3ccc(cc32)C(=O)NS(=O)(=O)[C@H]1CC1CC1. The highest BCUT2D eigenvalue weighted by Gasteiger charge is 2.48. The van der Waals surface area contributed by atoms with E-state index in [-0.39, 0.29) is 17.3 Å². The molecular formula is C35H45ClN2O5S. The number of fused-ring (bicyclic) bond motifs is 3. The molecule has 2 aromatic rings. The van der Waals surface area contributed by atoms with Gasteiger partial charge in [0, 0.05) is 29.1 Å². The number of hydrogen-bond donors (Lipinski definition) is 2. The maximum Gasteiger partial charge on any atom is 0.264 e. The van der Waals surface area contributed by atoms with Crippen LogP contribution in [0.3, 0.4) is 0 Å². The van der Waals surface area contributed by atoms with E-state index in [0.29, 0.717) is 48.2 Å². The molecule has 238 valence electrons. The standard InChI is InChI=1S/C35H45ClN2O5S/c1-23-6-5-8-33(39)35(2)16-15-28(35)21-38-17-4-3-7-25-19-29(36)13-11-27(25)22-43-31-14-12-26(20-30(31)38)34(40)37-44(41,42)32(23)18-24-9-10-24/h5,8,11-14,19-20,23-24,28,32-33,39H,3-4,6-7,9-10,15-18,21-22H2,1-2H3,(H,37,40)/b8-5+/t23-,28+,32+,33+,35?/m1/s1. The van der Waals surface area contributed by atoms with Gasteiger partial charge in [-0.3, -0.25) is 4.79 Å². The first-order valence-corrected chi connectivity index (χ1v) is 18.2. The number of nitrogens with one attached hydrogen (secondary N) is 1. The lowest BCUT2D eigenvalue weighted by Gasteiger charge is -2.51. The van der Waals surface area contributed by atoms with Crippen molar-refractivity contribution < 1.29 is 23.1 Å². The van der Waals surface area contributed by atoms with Crippen LogP contribution in [0.5, 0.6) is 5.75 Å². The van der Waals surface area contributed by atoms with Crippen LogP contribution in [0, 0.1) is 23.2 Å². The third kappa shape index (κ3) is 6.68. The Balaban J connectivity index is 1.39. The van der Waals surface area contributed by atoms with Gasteiger partial charge in [0.2, 0.25) is 10.0 Å². The third-order valence-electron chi connectivity index (χ3n) is 10.7. The van der Waals surface area contributed by atoms with E-state index in [0.717, 1.165) is 62.7 Å². The van der Waals surface area contributed by atoms with Crippen LogP contribution >= 0.6 is 11.6 Å². The van der Waals surface area contributed by atoms with Crippen molar-refractivity contribution >= 4 is 33.2 Å². The van der Waals surface area contributed by atoms with E-state index in [4.69, 9.17) is 16.3 Å². The highest BCUT2D eigenvalue weighted by atomic mass is 35.5. The van der Waals surface area contributed by atoms with Gasteiger partial charge in [0.1, 0.15) is 12.4 Å². The fourth-order valence-electron chi connectivity index (χ4n) is 7.24. The van der Waals surface area contributed by atoms with Gasteiger partial charge < -0.3 is 14.7 Å². The van der Waals surface area contributed by atoms with Gasteiger partial charge in [0.25, 0.3) is 5.91 Å². The van der Waals surface area contributed by atoms with E-state index in [2.05, 4.69) is 16.5 Å². The number of carbonyl (C=O) groups is 1. The molecule has 1 unspecified atom stereocenters. The average Bonchev–Trinajstić information content (AvgIpc) is 3.81. The summed E-state index contributed by atoms with van der Waals surface area (Å²) in [6.45, 7) is 5.91. The summed E-state index contributed by atoms with van der Waals surface area (Å²) in [6.07, 6.45) is 11.0. The number of aliphatic hydroxyl groups is 1. The molecule has 2 saturated carbocycles. The van der Waals surface area contributed by atoms with Crippen molar-refractivity contribution in [1.29, 1.82) is 0 Å². The van der Waals surface area contributed by atoms with Gasteiger partial charge in [-0.15, -0.1) is 0 Å². The summed E-state index contributed by atoms with van der Waals surface area (Å²) >= 11 is 6.33. The number of aryl methyl sites for hydroxylation is 1. The Bertz CT molecular complexity index is 1520. The van der Waals surface area contributed by atoms with E-state index >= 15 is 0 Å². The summed E-state index contributed by atoms with van der Waals surface area (Å²) in [7, 11) is -3.94. The Morgan fingerprint density at radius 1 is 1.11 bits per heavy atom. The van der Waals surface area contributed by atoms with Crippen LogP contribution in [0.25, 0.3) is 0 Å². The highest BCUT2D eigenvalue weighted by molar-refractivity contribution is 7.90. The fraction of sp³-hybridized carbons (Fsp3) is 0.571. The molecule has 2 aliphatic carbocycles. The Kier molecular flexibility index (Phi) is 9.06. The van der Waals surface area contributed by atoms with E-state index in [1.165, 1.54) is 5.56 Å². The third-order valence-corrected chi connectivity index (χ3v) is 12.8. The number of aliphatic hydroxyl groups excluding tert-OH is 1. The maximum atomic E-state index is 13.7. The molecule has 44 heavy (non-hydrogen) atoms. The predicted molar refractivity (Wildman–Crippen MR) is 175 cm³/mol. The maximum absolute atomic E-state index is 13.7. The molecule has 0 saturated heterocycles. The number of sulfonamides is 1. The molecule has 0 aromatic heterocycles. The minimum Gasteiger partial charge on any atom is -0.487 e. The molecule has 5 atom stereocenters. The van der Waals surface area contributed by atoms with Crippen molar-refractivity contribution in [2.45, 2.75) is 89.6 Å². The molecule has 9 heteroatoms. The molecule has 2 aliphatic heterocycles. The van der Waals surface area contributed by atoms with Gasteiger partial charge in [-0.2, -0.15) is 0 Å². The molecule has 2 fully saturated rings. The predicted octanol–water partition coefficient (Wildman–Crippen LogP) is 6.66. The van der Waals surface area contributed by atoms with Crippen LogP contribution in [0.2, 0.25) is 5.02 Å². The van der Waals surface area contributed by atoms with Gasteiger partial charge in [-0.05, 0) is 104 Å². The van der Waals surface area contributed by atoms with E-state index in [9.17, 15) is 18.3 Å². The minimum atomic E-state index is -3.94. The zero-order valence-corrected chi connectivity index (χ0v) is 27.4. The average molecular weight is 641 g/mol. The normalized spacial score (nSPS) is 31.6. The fourth-order valence-corrected chi connectivity index (χ4v) is 9.21. The molecule has 0 radical (unpaired) electrons. The van der Waals surface area contributed by atoms with E-state index < -0.39 is 27.3 Å². The van der Waals surface area contributed by atoms with Gasteiger partial charge in [0.15, 0.2) is 0 Å². The molecule has 4 aliphatic rings. The van der Waals surface area contributed by atoms with Crippen LogP contribution in [0.15, 0.2) is 48.6 Å². The van der Waals surface area contributed by atoms with Gasteiger partial charge in [-0.25, -0.2) is 13.1 Å². The second-order valence-corrected chi connectivity index (χ2v) is 16.1.